The molecule has 11 heteroatoms. The Morgan fingerprint density at radius 2 is 1.98 bits per heavy atom. The number of hydrogen-bond donors (Lipinski definition) is 0. The van der Waals surface area contributed by atoms with E-state index < -0.39 is 17.2 Å². The molecule has 1 aliphatic heterocycles. The number of para-hydroxylation sites is 1. The summed E-state index contributed by atoms with van der Waals surface area (Å²) in [6.07, 6.45) is 5.73. The number of aryl methyl sites for hydroxylation is 1. The van der Waals surface area contributed by atoms with Crippen molar-refractivity contribution in [1.82, 2.24) is 14.1 Å². The summed E-state index contributed by atoms with van der Waals surface area (Å²) in [5.41, 5.74) is 0.199. The van der Waals surface area contributed by atoms with Crippen LogP contribution >= 0.6 is 11.3 Å². The van der Waals surface area contributed by atoms with E-state index in [9.17, 15) is 14.4 Å². The monoisotopic (exact) mass is 579 g/mol. The van der Waals surface area contributed by atoms with E-state index in [0.717, 1.165) is 24.7 Å². The maximum atomic E-state index is 14.3. The topological polar surface area (TPSA) is 115 Å². The van der Waals surface area contributed by atoms with Gasteiger partial charge in [0.05, 0.1) is 36.2 Å². The molecule has 0 radical (unpaired) electrons. The van der Waals surface area contributed by atoms with Gasteiger partial charge in [0.25, 0.3) is 5.56 Å². The van der Waals surface area contributed by atoms with Crippen LogP contribution in [0.2, 0.25) is 0 Å². The molecule has 4 aromatic rings. The first kappa shape index (κ1) is 27.6. The maximum absolute atomic E-state index is 14.3. The van der Waals surface area contributed by atoms with Crippen LogP contribution in [0.1, 0.15) is 55.9 Å². The second-order valence-corrected chi connectivity index (χ2v) is 12.2. The molecule has 10 nitrogen and oxygen atoms in total. The van der Waals surface area contributed by atoms with Gasteiger partial charge in [-0.3, -0.25) is 13.9 Å². The molecule has 0 unspecified atom stereocenters. The van der Waals surface area contributed by atoms with Gasteiger partial charge in [0, 0.05) is 30.2 Å². The fraction of sp³-hybridized carbons (Fsp3) is 0.467. The second kappa shape index (κ2) is 11.0. The molecule has 6 rings (SSSR count). The Balaban J connectivity index is 1.53. The maximum Gasteiger partial charge on any atom is 0.332 e. The number of benzene rings is 1. The van der Waals surface area contributed by atoms with Crippen molar-refractivity contribution in [3.63, 3.8) is 0 Å². The van der Waals surface area contributed by atoms with E-state index in [1.165, 1.54) is 22.2 Å². The molecule has 1 saturated carbocycles. The van der Waals surface area contributed by atoms with Crippen molar-refractivity contribution < 1.29 is 23.4 Å². The Morgan fingerprint density at radius 3 is 2.66 bits per heavy atom. The lowest BCUT2D eigenvalue weighted by Gasteiger charge is -2.41. The van der Waals surface area contributed by atoms with Crippen LogP contribution in [0.25, 0.3) is 21.0 Å². The largest absolute Gasteiger partial charge is 0.496 e. The van der Waals surface area contributed by atoms with Crippen molar-refractivity contribution in [2.45, 2.75) is 64.3 Å². The lowest BCUT2D eigenvalue weighted by atomic mass is 9.68. The summed E-state index contributed by atoms with van der Waals surface area (Å²) in [7, 11) is 1.61. The number of oxazole rings is 1. The van der Waals surface area contributed by atoms with E-state index in [1.807, 2.05) is 38.1 Å². The van der Waals surface area contributed by atoms with Crippen LogP contribution in [0.4, 0.5) is 0 Å². The number of rotatable bonds is 9. The molecular formula is C30H33N3O7S. The summed E-state index contributed by atoms with van der Waals surface area (Å²) < 4.78 is 26.5. The van der Waals surface area contributed by atoms with Gasteiger partial charge in [-0.1, -0.05) is 25.1 Å². The molecule has 1 atom stereocenters. The number of aldehydes is 1. The third kappa shape index (κ3) is 4.96. The van der Waals surface area contributed by atoms with Gasteiger partial charge in [0.15, 0.2) is 0 Å². The van der Waals surface area contributed by atoms with Gasteiger partial charge in [-0.25, -0.2) is 9.78 Å². The summed E-state index contributed by atoms with van der Waals surface area (Å²) in [6.45, 7) is 5.09. The average molecular weight is 580 g/mol. The summed E-state index contributed by atoms with van der Waals surface area (Å²) in [4.78, 5) is 45.4. The van der Waals surface area contributed by atoms with Gasteiger partial charge in [-0.2, -0.15) is 0 Å². The van der Waals surface area contributed by atoms with Gasteiger partial charge in [-0.05, 0) is 44.2 Å². The zero-order valence-corrected chi connectivity index (χ0v) is 24.1. The molecule has 3 aromatic heterocycles. The SMILES string of the molecule is COc1ccccc1[C@H](Cn1c(=O)n(C2CC(C)(C=O)C2)c(=O)c2c(C)c(-c3ncco3)sc21)OC1CCOCC1. The lowest BCUT2D eigenvalue weighted by molar-refractivity contribution is -0.121. The van der Waals surface area contributed by atoms with Crippen molar-refractivity contribution in [2.75, 3.05) is 20.3 Å². The third-order valence-electron chi connectivity index (χ3n) is 8.28. The highest BCUT2D eigenvalue weighted by Crippen LogP contribution is 2.46. The zero-order chi connectivity index (χ0) is 28.7. The highest BCUT2D eigenvalue weighted by atomic mass is 32.1. The fourth-order valence-electron chi connectivity index (χ4n) is 6.04. The van der Waals surface area contributed by atoms with Crippen LogP contribution in [0.5, 0.6) is 5.75 Å². The van der Waals surface area contributed by atoms with E-state index in [1.54, 1.807) is 17.9 Å². The number of fused-ring (bicyclic) bond motifs is 1. The molecule has 0 spiro atoms. The molecule has 0 amide bonds. The molecule has 0 bridgehead atoms. The number of methoxy groups -OCH3 is 1. The van der Waals surface area contributed by atoms with E-state index in [0.29, 0.717) is 58.4 Å². The molecule has 2 fully saturated rings. The van der Waals surface area contributed by atoms with Crippen LogP contribution in [0.3, 0.4) is 0 Å². The van der Waals surface area contributed by atoms with Crippen molar-refractivity contribution in [3.05, 3.63) is 68.7 Å². The Hall–Kier alpha value is -3.54. The molecule has 4 heterocycles. The van der Waals surface area contributed by atoms with E-state index in [-0.39, 0.29) is 24.2 Å². The Kier molecular flexibility index (Phi) is 7.43. The summed E-state index contributed by atoms with van der Waals surface area (Å²) >= 11 is 1.31. The Bertz CT molecular complexity index is 1670. The molecule has 1 aliphatic carbocycles. The van der Waals surface area contributed by atoms with Crippen LogP contribution in [0.15, 0.2) is 50.7 Å². The highest BCUT2D eigenvalue weighted by molar-refractivity contribution is 7.22. The minimum Gasteiger partial charge on any atom is -0.496 e. The van der Waals surface area contributed by atoms with Crippen LogP contribution < -0.4 is 16.0 Å². The number of carbonyl (C=O) groups excluding carboxylic acids is 1. The number of aromatic nitrogens is 3. The van der Waals surface area contributed by atoms with Crippen molar-refractivity contribution >= 4 is 27.8 Å². The third-order valence-corrected chi connectivity index (χ3v) is 9.59. The molecular weight excluding hydrogens is 546 g/mol. The number of nitrogens with zero attached hydrogens (tertiary/aromatic N) is 3. The van der Waals surface area contributed by atoms with E-state index in [4.69, 9.17) is 18.6 Å². The van der Waals surface area contributed by atoms with Crippen molar-refractivity contribution in [2.24, 2.45) is 5.41 Å². The van der Waals surface area contributed by atoms with Crippen LogP contribution in [-0.2, 0) is 20.8 Å². The smallest absolute Gasteiger partial charge is 0.332 e. The lowest BCUT2D eigenvalue weighted by Crippen LogP contribution is -2.49. The number of hydrogen-bond acceptors (Lipinski definition) is 9. The van der Waals surface area contributed by atoms with Gasteiger partial charge in [-0.15, -0.1) is 11.3 Å². The first-order chi connectivity index (χ1) is 19.8. The van der Waals surface area contributed by atoms with Crippen molar-refractivity contribution in [1.29, 1.82) is 0 Å². The summed E-state index contributed by atoms with van der Waals surface area (Å²) in [5, 5.41) is 0.451. The molecule has 41 heavy (non-hydrogen) atoms. The number of carbonyl (C=O) groups is 1. The summed E-state index contributed by atoms with van der Waals surface area (Å²) in [5.74, 6) is 1.05. The van der Waals surface area contributed by atoms with Gasteiger partial charge < -0.3 is 23.4 Å². The molecule has 2 aliphatic rings. The predicted octanol–water partition coefficient (Wildman–Crippen LogP) is 4.67. The van der Waals surface area contributed by atoms with Gasteiger partial charge >= 0.3 is 5.69 Å². The molecule has 216 valence electrons. The van der Waals surface area contributed by atoms with E-state index >= 15 is 0 Å². The minimum absolute atomic E-state index is 0.0522. The van der Waals surface area contributed by atoms with E-state index in [2.05, 4.69) is 4.98 Å². The molecule has 0 N–H and O–H groups in total. The normalized spacial score (nSPS) is 22.0. The molecule has 1 aromatic carbocycles. The Morgan fingerprint density at radius 1 is 1.22 bits per heavy atom. The minimum atomic E-state index is -0.546. The van der Waals surface area contributed by atoms with Crippen molar-refractivity contribution in [3.8, 4) is 16.5 Å². The predicted molar refractivity (Wildman–Crippen MR) is 154 cm³/mol. The van der Waals surface area contributed by atoms with Crippen LogP contribution in [0, 0.1) is 12.3 Å². The summed E-state index contributed by atoms with van der Waals surface area (Å²) in [6, 6.07) is 7.26. The standard InChI is InChI=1S/C30H33N3O7S/c1-18-24-27(35)33(19-14-30(2,15-19)17-34)29(36)32(28(24)41-25(18)26-31-10-13-39-26)16-23(40-20-8-11-38-12-9-20)21-6-4-5-7-22(21)37-3/h4-7,10,13,17,19-20,23H,8-9,11-12,14-16H2,1-3H3/t19?,23-,30?/m0/s1. The van der Waals surface area contributed by atoms with Crippen LogP contribution in [-0.4, -0.2) is 46.8 Å². The van der Waals surface area contributed by atoms with Gasteiger partial charge in [0.2, 0.25) is 5.89 Å². The first-order valence-corrected chi connectivity index (χ1v) is 14.7. The second-order valence-electron chi connectivity index (χ2n) is 11.2. The average Bonchev–Trinajstić information content (AvgIpc) is 3.62. The first-order valence-electron chi connectivity index (χ1n) is 13.8. The molecule has 1 saturated heterocycles. The quantitative estimate of drug-likeness (QED) is 0.263. The van der Waals surface area contributed by atoms with Gasteiger partial charge in [0.1, 0.15) is 29.2 Å². The number of ether oxygens (including phenoxy) is 3. The fourth-order valence-corrected chi connectivity index (χ4v) is 7.28. The highest BCUT2D eigenvalue weighted by Gasteiger charge is 2.43. The number of thiophene rings is 1. The zero-order valence-electron chi connectivity index (χ0n) is 23.3. The Labute approximate surface area is 240 Å².